The summed E-state index contributed by atoms with van der Waals surface area (Å²) in [6, 6.07) is 13.8. The van der Waals surface area contributed by atoms with Gasteiger partial charge in [0.15, 0.2) is 5.69 Å². The van der Waals surface area contributed by atoms with Gasteiger partial charge in [-0.15, -0.1) is 0 Å². The lowest BCUT2D eigenvalue weighted by molar-refractivity contribution is 0.0793. The van der Waals surface area contributed by atoms with Gasteiger partial charge in [-0.1, -0.05) is 24.3 Å². The quantitative estimate of drug-likeness (QED) is 0.684. The number of ether oxygens (including phenoxy) is 1. The molecule has 0 radical (unpaired) electrons. The molecule has 0 aliphatic heterocycles. The molecule has 0 bridgehead atoms. The van der Waals surface area contributed by atoms with Crippen molar-refractivity contribution in [3.63, 3.8) is 0 Å². The Labute approximate surface area is 153 Å². The van der Waals surface area contributed by atoms with Crippen molar-refractivity contribution in [1.82, 2.24) is 14.3 Å². The summed E-state index contributed by atoms with van der Waals surface area (Å²) >= 11 is 0. The Bertz CT molecular complexity index is 943. The minimum atomic E-state index is -0.0319. The van der Waals surface area contributed by atoms with Crippen LogP contribution in [0.4, 0.5) is 0 Å². The largest absolute Gasteiger partial charge is 0.496 e. The normalized spacial score (nSPS) is 13.8. The van der Waals surface area contributed by atoms with Crippen LogP contribution < -0.4 is 4.74 Å². The molecule has 0 unspecified atom stereocenters. The number of rotatable bonds is 6. The van der Waals surface area contributed by atoms with E-state index in [4.69, 9.17) is 9.72 Å². The maximum Gasteiger partial charge on any atom is 0.274 e. The molecular formula is C21H23N3O2. The van der Waals surface area contributed by atoms with Gasteiger partial charge >= 0.3 is 0 Å². The Hall–Kier alpha value is -2.82. The number of fused-ring (bicyclic) bond motifs is 1. The van der Waals surface area contributed by atoms with E-state index in [1.54, 1.807) is 12.0 Å². The molecule has 3 aromatic rings. The average molecular weight is 349 g/mol. The third-order valence-corrected chi connectivity index (χ3v) is 4.98. The SMILES string of the molecule is COc1ccccc1CCN(C)C(=O)c1nc(C2CC2)n2ccccc12. The van der Waals surface area contributed by atoms with Crippen molar-refractivity contribution in [3.05, 3.63) is 65.7 Å². The van der Waals surface area contributed by atoms with E-state index >= 15 is 0 Å². The van der Waals surface area contributed by atoms with Crippen molar-refractivity contribution in [2.45, 2.75) is 25.2 Å². The second kappa shape index (κ2) is 6.83. The summed E-state index contributed by atoms with van der Waals surface area (Å²) in [4.78, 5) is 19.5. The molecule has 1 saturated carbocycles. The zero-order valence-corrected chi connectivity index (χ0v) is 15.2. The summed E-state index contributed by atoms with van der Waals surface area (Å²) in [6.07, 6.45) is 5.06. The maximum absolute atomic E-state index is 13.0. The fourth-order valence-electron chi connectivity index (χ4n) is 3.33. The maximum atomic E-state index is 13.0. The van der Waals surface area contributed by atoms with E-state index in [-0.39, 0.29) is 5.91 Å². The topological polar surface area (TPSA) is 46.8 Å². The van der Waals surface area contributed by atoms with Gasteiger partial charge in [0.1, 0.15) is 11.6 Å². The number of nitrogens with zero attached hydrogens (tertiary/aromatic N) is 3. The van der Waals surface area contributed by atoms with Crippen molar-refractivity contribution < 1.29 is 9.53 Å². The van der Waals surface area contributed by atoms with Gasteiger partial charge in [0.25, 0.3) is 5.91 Å². The number of imidazole rings is 1. The number of hydrogen-bond acceptors (Lipinski definition) is 3. The van der Waals surface area contributed by atoms with Gasteiger partial charge in [0, 0.05) is 25.7 Å². The van der Waals surface area contributed by atoms with E-state index < -0.39 is 0 Å². The van der Waals surface area contributed by atoms with E-state index in [0.29, 0.717) is 18.2 Å². The van der Waals surface area contributed by atoms with E-state index in [1.165, 1.54) is 0 Å². The van der Waals surface area contributed by atoms with Crippen LogP contribution in [0.2, 0.25) is 0 Å². The minimum absolute atomic E-state index is 0.0319. The van der Waals surface area contributed by atoms with Crippen LogP contribution in [0.1, 0.15) is 40.6 Å². The zero-order chi connectivity index (χ0) is 18.1. The second-order valence-electron chi connectivity index (χ2n) is 6.84. The molecule has 0 spiro atoms. The number of carbonyl (C=O) groups excluding carboxylic acids is 1. The Morgan fingerprint density at radius 2 is 2.00 bits per heavy atom. The fourth-order valence-corrected chi connectivity index (χ4v) is 3.33. The predicted molar refractivity (Wildman–Crippen MR) is 101 cm³/mol. The Morgan fingerprint density at radius 1 is 1.23 bits per heavy atom. The van der Waals surface area contributed by atoms with Gasteiger partial charge in [0.2, 0.25) is 0 Å². The molecule has 0 saturated heterocycles. The summed E-state index contributed by atoms with van der Waals surface area (Å²) < 4.78 is 7.47. The number of amides is 1. The molecule has 134 valence electrons. The monoisotopic (exact) mass is 349 g/mol. The lowest BCUT2D eigenvalue weighted by atomic mass is 10.1. The molecule has 4 rings (SSSR count). The van der Waals surface area contributed by atoms with Crippen LogP contribution in [0.5, 0.6) is 5.75 Å². The van der Waals surface area contributed by atoms with Crippen LogP contribution in [0.15, 0.2) is 48.7 Å². The Morgan fingerprint density at radius 3 is 2.77 bits per heavy atom. The summed E-state index contributed by atoms with van der Waals surface area (Å²) in [6.45, 7) is 0.615. The number of hydrogen-bond donors (Lipinski definition) is 0. The van der Waals surface area contributed by atoms with Crippen LogP contribution in [-0.2, 0) is 6.42 Å². The van der Waals surface area contributed by atoms with Gasteiger partial charge in [-0.3, -0.25) is 4.79 Å². The van der Waals surface area contributed by atoms with E-state index in [0.717, 1.165) is 41.9 Å². The van der Waals surface area contributed by atoms with Crippen LogP contribution in [0, 0.1) is 0 Å². The third-order valence-electron chi connectivity index (χ3n) is 4.98. The molecule has 5 nitrogen and oxygen atoms in total. The van der Waals surface area contributed by atoms with Crippen LogP contribution in [-0.4, -0.2) is 40.9 Å². The molecule has 1 aliphatic carbocycles. The highest BCUT2D eigenvalue weighted by atomic mass is 16.5. The standard InChI is InChI=1S/C21H23N3O2/c1-23(14-12-15-7-3-4-9-18(15)26-2)21(25)19-17-8-5-6-13-24(17)20(22-19)16-10-11-16/h3-9,13,16H,10-12,14H2,1-2H3. The second-order valence-corrected chi connectivity index (χ2v) is 6.84. The van der Waals surface area contributed by atoms with Gasteiger partial charge < -0.3 is 14.0 Å². The number of pyridine rings is 1. The molecule has 26 heavy (non-hydrogen) atoms. The van der Waals surface area contributed by atoms with E-state index in [2.05, 4.69) is 4.40 Å². The number of aromatic nitrogens is 2. The van der Waals surface area contributed by atoms with Crippen molar-refractivity contribution >= 4 is 11.4 Å². The van der Waals surface area contributed by atoms with Gasteiger partial charge in [-0.05, 0) is 43.0 Å². The first-order chi connectivity index (χ1) is 12.7. The zero-order valence-electron chi connectivity index (χ0n) is 15.2. The Kier molecular flexibility index (Phi) is 4.37. The van der Waals surface area contributed by atoms with Gasteiger partial charge in [0.05, 0.1) is 12.6 Å². The van der Waals surface area contributed by atoms with Crippen LogP contribution in [0.3, 0.4) is 0 Å². The molecule has 0 atom stereocenters. The fraction of sp³-hybridized carbons (Fsp3) is 0.333. The van der Waals surface area contributed by atoms with Gasteiger partial charge in [-0.2, -0.15) is 0 Å². The molecule has 0 N–H and O–H groups in total. The highest BCUT2D eigenvalue weighted by molar-refractivity contribution is 5.99. The van der Waals surface area contributed by atoms with Gasteiger partial charge in [-0.25, -0.2) is 4.98 Å². The number of likely N-dealkylation sites (N-methyl/N-ethyl adjacent to an activating group) is 1. The number of carbonyl (C=O) groups is 1. The van der Waals surface area contributed by atoms with Crippen LogP contribution >= 0.6 is 0 Å². The summed E-state index contributed by atoms with van der Waals surface area (Å²) in [5.74, 6) is 2.33. The predicted octanol–water partition coefficient (Wildman–Crippen LogP) is 3.54. The molecular weight excluding hydrogens is 326 g/mol. The van der Waals surface area contributed by atoms with Crippen molar-refractivity contribution in [2.24, 2.45) is 0 Å². The number of benzene rings is 1. The molecule has 2 aromatic heterocycles. The number of methoxy groups -OCH3 is 1. The van der Waals surface area contributed by atoms with Crippen LogP contribution in [0.25, 0.3) is 5.52 Å². The van der Waals surface area contributed by atoms with E-state index in [9.17, 15) is 4.79 Å². The molecule has 1 aliphatic rings. The Balaban J connectivity index is 1.55. The molecule has 1 fully saturated rings. The van der Waals surface area contributed by atoms with Crippen molar-refractivity contribution in [1.29, 1.82) is 0 Å². The first kappa shape index (κ1) is 16.6. The third kappa shape index (κ3) is 3.05. The average Bonchev–Trinajstić information content (AvgIpc) is 3.46. The first-order valence-electron chi connectivity index (χ1n) is 9.03. The lowest BCUT2D eigenvalue weighted by Crippen LogP contribution is -2.29. The molecule has 2 heterocycles. The first-order valence-corrected chi connectivity index (χ1v) is 9.03. The smallest absolute Gasteiger partial charge is 0.274 e. The highest BCUT2D eigenvalue weighted by Crippen LogP contribution is 2.40. The van der Waals surface area contributed by atoms with E-state index in [1.807, 2.05) is 55.7 Å². The summed E-state index contributed by atoms with van der Waals surface area (Å²) in [7, 11) is 3.51. The van der Waals surface area contributed by atoms with Crippen molar-refractivity contribution in [2.75, 3.05) is 20.7 Å². The molecule has 1 amide bonds. The summed E-state index contributed by atoms with van der Waals surface area (Å²) in [5, 5.41) is 0. The molecule has 1 aromatic carbocycles. The summed E-state index contributed by atoms with van der Waals surface area (Å²) in [5.41, 5.74) is 2.54. The highest BCUT2D eigenvalue weighted by Gasteiger charge is 2.31. The number of para-hydroxylation sites is 1. The van der Waals surface area contributed by atoms with Crippen molar-refractivity contribution in [3.8, 4) is 5.75 Å². The minimum Gasteiger partial charge on any atom is -0.496 e. The molecule has 5 heteroatoms. The lowest BCUT2D eigenvalue weighted by Gasteiger charge is -2.17.